The number of fused-ring (bicyclic) bond motifs is 1. The summed E-state index contributed by atoms with van der Waals surface area (Å²) >= 11 is 0. The molecule has 19 heavy (non-hydrogen) atoms. The number of carbonyl (C=O) groups is 1. The zero-order chi connectivity index (χ0) is 13.8. The second-order valence-corrected chi connectivity index (χ2v) is 5.91. The van der Waals surface area contributed by atoms with Gasteiger partial charge in [0.05, 0.1) is 5.52 Å². The van der Waals surface area contributed by atoms with Gasteiger partial charge >= 0.3 is 5.97 Å². The van der Waals surface area contributed by atoms with Crippen LogP contribution < -0.4 is 0 Å². The van der Waals surface area contributed by atoms with Gasteiger partial charge in [0, 0.05) is 28.1 Å². The summed E-state index contributed by atoms with van der Waals surface area (Å²) < 4.78 is 12.0. The first kappa shape index (κ1) is 13.7. The third-order valence-electron chi connectivity index (χ3n) is 2.94. The van der Waals surface area contributed by atoms with E-state index in [4.69, 9.17) is 5.11 Å². The van der Waals surface area contributed by atoms with Crippen LogP contribution >= 0.6 is 0 Å². The highest BCUT2D eigenvalue weighted by atomic mass is 32.2. The van der Waals surface area contributed by atoms with Crippen LogP contribution in [0.2, 0.25) is 0 Å². The Morgan fingerprint density at radius 3 is 2.89 bits per heavy atom. The van der Waals surface area contributed by atoms with E-state index >= 15 is 0 Å². The first-order valence-electron chi connectivity index (χ1n) is 6.05. The Hall–Kier alpha value is -1.75. The highest BCUT2D eigenvalue weighted by Gasteiger charge is 2.22. The average molecular weight is 277 g/mol. The number of carboxylic acids is 1. The van der Waals surface area contributed by atoms with Gasteiger partial charge in [-0.25, -0.2) is 0 Å². The summed E-state index contributed by atoms with van der Waals surface area (Å²) in [7, 11) is -1.40. The molecule has 0 amide bonds. The normalized spacial score (nSPS) is 14.2. The standard InChI is InChI=1S/C14H15NO3S/c1-2-13(14(16)17)19(18)9-10-5-6-12-11(8-10)4-3-7-15-12/h3-8,13H,2,9H2,1H3,(H,16,17). The number of hydrogen-bond acceptors (Lipinski definition) is 3. The van der Waals surface area contributed by atoms with Crippen LogP contribution in [-0.2, 0) is 21.3 Å². The highest BCUT2D eigenvalue weighted by molar-refractivity contribution is 7.85. The van der Waals surface area contributed by atoms with Crippen LogP contribution in [0.4, 0.5) is 0 Å². The molecule has 100 valence electrons. The number of hydrogen-bond donors (Lipinski definition) is 1. The van der Waals surface area contributed by atoms with Crippen LogP contribution in [0.25, 0.3) is 10.9 Å². The molecule has 0 aliphatic carbocycles. The van der Waals surface area contributed by atoms with Gasteiger partial charge in [0.25, 0.3) is 0 Å². The van der Waals surface area contributed by atoms with Gasteiger partial charge in [-0.2, -0.15) is 0 Å². The van der Waals surface area contributed by atoms with E-state index in [0.29, 0.717) is 6.42 Å². The van der Waals surface area contributed by atoms with Crippen molar-refractivity contribution in [3.8, 4) is 0 Å². The van der Waals surface area contributed by atoms with E-state index in [2.05, 4.69) is 4.98 Å². The van der Waals surface area contributed by atoms with Crippen LogP contribution in [0.15, 0.2) is 36.5 Å². The number of aromatic nitrogens is 1. The smallest absolute Gasteiger partial charge is 0.319 e. The predicted molar refractivity (Wildman–Crippen MR) is 75.3 cm³/mol. The summed E-state index contributed by atoms with van der Waals surface area (Å²) in [5, 5.41) is 9.16. The lowest BCUT2D eigenvalue weighted by molar-refractivity contribution is -0.136. The summed E-state index contributed by atoms with van der Waals surface area (Å²) in [6.45, 7) is 1.74. The molecule has 0 saturated heterocycles. The number of pyridine rings is 1. The van der Waals surface area contributed by atoms with Crippen LogP contribution in [0.3, 0.4) is 0 Å². The molecule has 4 nitrogen and oxygen atoms in total. The zero-order valence-electron chi connectivity index (χ0n) is 10.6. The van der Waals surface area contributed by atoms with Crippen LogP contribution in [0.5, 0.6) is 0 Å². The van der Waals surface area contributed by atoms with Crippen molar-refractivity contribution in [1.29, 1.82) is 0 Å². The fourth-order valence-corrected chi connectivity index (χ4v) is 3.26. The van der Waals surface area contributed by atoms with E-state index in [1.807, 2.05) is 30.3 Å². The molecule has 2 aromatic rings. The van der Waals surface area contributed by atoms with Crippen LogP contribution in [0.1, 0.15) is 18.9 Å². The number of benzene rings is 1. The Morgan fingerprint density at radius 1 is 1.42 bits per heavy atom. The molecule has 0 radical (unpaired) electrons. The molecule has 0 fully saturated rings. The van der Waals surface area contributed by atoms with Crippen molar-refractivity contribution in [2.45, 2.75) is 24.3 Å². The fourth-order valence-electron chi connectivity index (χ4n) is 1.95. The minimum Gasteiger partial charge on any atom is -0.480 e. The summed E-state index contributed by atoms with van der Waals surface area (Å²) in [6, 6.07) is 9.40. The van der Waals surface area contributed by atoms with Gasteiger partial charge in [-0.05, 0) is 30.2 Å². The number of carboxylic acid groups (broad SMARTS) is 1. The molecule has 5 heteroatoms. The average Bonchev–Trinajstić information content (AvgIpc) is 2.39. The lowest BCUT2D eigenvalue weighted by atomic mass is 10.1. The molecular formula is C14H15NO3S. The molecular weight excluding hydrogens is 262 g/mol. The largest absolute Gasteiger partial charge is 0.480 e. The lowest BCUT2D eigenvalue weighted by Crippen LogP contribution is -2.25. The SMILES string of the molecule is CCC(C(=O)O)S(=O)Cc1ccc2ncccc2c1. The van der Waals surface area contributed by atoms with Gasteiger partial charge in [-0.15, -0.1) is 0 Å². The fraction of sp³-hybridized carbons (Fsp3) is 0.286. The van der Waals surface area contributed by atoms with E-state index in [1.165, 1.54) is 0 Å². The highest BCUT2D eigenvalue weighted by Crippen LogP contribution is 2.16. The van der Waals surface area contributed by atoms with Crippen molar-refractivity contribution in [3.63, 3.8) is 0 Å². The third-order valence-corrected chi connectivity index (χ3v) is 4.73. The van der Waals surface area contributed by atoms with E-state index in [9.17, 15) is 9.00 Å². The maximum Gasteiger partial charge on any atom is 0.319 e. The minimum atomic E-state index is -1.40. The summed E-state index contributed by atoms with van der Waals surface area (Å²) in [6.07, 6.45) is 2.09. The van der Waals surface area contributed by atoms with E-state index < -0.39 is 22.0 Å². The number of rotatable bonds is 5. The molecule has 1 heterocycles. The molecule has 0 saturated carbocycles. The Balaban J connectivity index is 2.21. The Bertz CT molecular complexity index is 627. The second kappa shape index (κ2) is 5.93. The minimum absolute atomic E-state index is 0.260. The Morgan fingerprint density at radius 2 is 2.21 bits per heavy atom. The monoisotopic (exact) mass is 277 g/mol. The van der Waals surface area contributed by atoms with Gasteiger partial charge in [0.15, 0.2) is 0 Å². The second-order valence-electron chi connectivity index (χ2n) is 4.29. The van der Waals surface area contributed by atoms with E-state index in [1.54, 1.807) is 13.1 Å². The molecule has 1 aromatic heterocycles. The molecule has 1 N–H and O–H groups in total. The molecule has 1 aromatic carbocycles. The van der Waals surface area contributed by atoms with E-state index in [-0.39, 0.29) is 5.75 Å². The van der Waals surface area contributed by atoms with Gasteiger partial charge in [0.1, 0.15) is 5.25 Å². The summed E-state index contributed by atoms with van der Waals surface area (Å²) in [5.41, 5.74) is 1.75. The molecule has 2 atom stereocenters. The maximum absolute atomic E-state index is 12.0. The molecule has 0 aliphatic heterocycles. The van der Waals surface area contributed by atoms with Crippen molar-refractivity contribution in [1.82, 2.24) is 4.98 Å². The Labute approximate surface area is 113 Å². The van der Waals surface area contributed by atoms with E-state index in [0.717, 1.165) is 16.5 Å². The first-order valence-corrected chi connectivity index (χ1v) is 7.43. The van der Waals surface area contributed by atoms with Gasteiger partial charge in [-0.3, -0.25) is 14.0 Å². The topological polar surface area (TPSA) is 67.3 Å². The molecule has 2 rings (SSSR count). The van der Waals surface area contributed by atoms with Crippen LogP contribution in [0, 0.1) is 0 Å². The summed E-state index contributed by atoms with van der Waals surface area (Å²) in [4.78, 5) is 15.2. The van der Waals surface area contributed by atoms with Gasteiger partial charge in [-0.1, -0.05) is 19.1 Å². The molecule has 0 bridgehead atoms. The van der Waals surface area contributed by atoms with Crippen molar-refractivity contribution in [2.75, 3.05) is 0 Å². The Kier molecular flexibility index (Phi) is 4.27. The van der Waals surface area contributed by atoms with Gasteiger partial charge in [0.2, 0.25) is 0 Å². The first-order chi connectivity index (χ1) is 9.11. The van der Waals surface area contributed by atoms with Crippen LogP contribution in [-0.4, -0.2) is 25.5 Å². The zero-order valence-corrected chi connectivity index (χ0v) is 11.4. The predicted octanol–water partition coefficient (Wildman–Crippen LogP) is 2.35. The number of aliphatic carboxylic acids is 1. The molecule has 2 unspecified atom stereocenters. The van der Waals surface area contributed by atoms with Crippen molar-refractivity contribution >= 4 is 27.7 Å². The molecule has 0 aliphatic rings. The van der Waals surface area contributed by atoms with Crippen molar-refractivity contribution in [3.05, 3.63) is 42.1 Å². The molecule has 0 spiro atoms. The van der Waals surface area contributed by atoms with Crippen molar-refractivity contribution in [2.24, 2.45) is 0 Å². The summed E-state index contributed by atoms with van der Waals surface area (Å²) in [5.74, 6) is -0.737. The number of nitrogens with zero attached hydrogens (tertiary/aromatic N) is 1. The van der Waals surface area contributed by atoms with Crippen molar-refractivity contribution < 1.29 is 14.1 Å². The lowest BCUT2D eigenvalue weighted by Gasteiger charge is -2.10. The third kappa shape index (κ3) is 3.17. The quantitative estimate of drug-likeness (QED) is 0.911. The van der Waals surface area contributed by atoms with Gasteiger partial charge < -0.3 is 5.11 Å². The maximum atomic E-state index is 12.0.